The van der Waals surface area contributed by atoms with Crippen molar-refractivity contribution in [1.29, 1.82) is 0 Å². The number of carboxylic acids is 1. The summed E-state index contributed by atoms with van der Waals surface area (Å²) >= 11 is 12.3. The second-order valence-electron chi connectivity index (χ2n) is 8.60. The number of hydrogen-bond donors (Lipinski definition) is 3. The molecule has 0 saturated heterocycles. The zero-order valence-electron chi connectivity index (χ0n) is 20.0. The average molecular weight is 533 g/mol. The Morgan fingerprint density at radius 2 is 1.32 bits per heavy atom. The van der Waals surface area contributed by atoms with Crippen molar-refractivity contribution >= 4 is 35.1 Å². The van der Waals surface area contributed by atoms with Crippen LogP contribution in [0.25, 0.3) is 11.1 Å². The van der Waals surface area contributed by atoms with Crippen molar-refractivity contribution in [2.75, 3.05) is 0 Å². The molecule has 3 N–H and O–H groups in total. The summed E-state index contributed by atoms with van der Waals surface area (Å²) in [6.07, 6.45) is 0.146. The van der Waals surface area contributed by atoms with Crippen molar-refractivity contribution < 1.29 is 14.7 Å². The highest BCUT2D eigenvalue weighted by Crippen LogP contribution is 2.25. The van der Waals surface area contributed by atoms with Gasteiger partial charge in [0.05, 0.1) is 10.6 Å². The Morgan fingerprint density at radius 3 is 2.00 bits per heavy atom. The number of carboxylic acid groups (broad SMARTS) is 1. The van der Waals surface area contributed by atoms with E-state index in [1.54, 1.807) is 24.3 Å². The topological polar surface area (TPSA) is 78.4 Å². The lowest BCUT2D eigenvalue weighted by Crippen LogP contribution is -2.42. The zero-order valence-corrected chi connectivity index (χ0v) is 21.5. The van der Waals surface area contributed by atoms with Crippen molar-refractivity contribution in [2.45, 2.75) is 25.6 Å². The average Bonchev–Trinajstić information content (AvgIpc) is 2.90. The number of rotatable bonds is 10. The summed E-state index contributed by atoms with van der Waals surface area (Å²) in [7, 11) is 0. The van der Waals surface area contributed by atoms with E-state index in [-0.39, 0.29) is 17.0 Å². The summed E-state index contributed by atoms with van der Waals surface area (Å²) in [5.41, 5.74) is 5.32. The lowest BCUT2D eigenvalue weighted by atomic mass is 9.97. The van der Waals surface area contributed by atoms with E-state index in [1.807, 2.05) is 60.7 Å². The Kier molecular flexibility index (Phi) is 8.96. The normalized spacial score (nSPS) is 11.6. The van der Waals surface area contributed by atoms with Gasteiger partial charge in [-0.05, 0) is 46.0 Å². The number of hydrogen-bond acceptors (Lipinski definition) is 3. The molecule has 0 bridgehead atoms. The molecule has 0 aliphatic rings. The van der Waals surface area contributed by atoms with Crippen LogP contribution in [0.15, 0.2) is 97.1 Å². The molecule has 5 nitrogen and oxygen atoms in total. The maximum Gasteiger partial charge on any atom is 0.326 e. The fraction of sp³-hybridized carbons (Fsp3) is 0.133. The quantitative estimate of drug-likeness (QED) is 0.221. The number of carbonyl (C=O) groups is 2. The highest BCUT2D eigenvalue weighted by Gasteiger charge is 2.22. The Hall–Kier alpha value is -3.64. The van der Waals surface area contributed by atoms with Crippen LogP contribution in [-0.2, 0) is 24.3 Å². The molecule has 0 fully saturated rings. The van der Waals surface area contributed by atoms with Gasteiger partial charge in [-0.15, -0.1) is 0 Å². The molecule has 0 aromatic heterocycles. The highest BCUT2D eigenvalue weighted by atomic mass is 35.5. The molecule has 0 saturated carbocycles. The summed E-state index contributed by atoms with van der Waals surface area (Å²) in [5.74, 6) is -1.63. The van der Waals surface area contributed by atoms with Crippen molar-refractivity contribution in [3.63, 3.8) is 0 Å². The molecule has 0 aliphatic carbocycles. The molecule has 37 heavy (non-hydrogen) atoms. The van der Waals surface area contributed by atoms with Crippen LogP contribution in [-0.4, -0.2) is 23.0 Å². The zero-order chi connectivity index (χ0) is 26.2. The Balaban J connectivity index is 1.43. The second kappa shape index (κ2) is 12.5. The molecule has 1 amide bonds. The van der Waals surface area contributed by atoms with E-state index in [2.05, 4.69) is 22.8 Å². The molecule has 4 aromatic carbocycles. The summed E-state index contributed by atoms with van der Waals surface area (Å²) in [5, 5.41) is 16.7. The summed E-state index contributed by atoms with van der Waals surface area (Å²) in [6.45, 7) is 1.32. The monoisotopic (exact) mass is 532 g/mol. The molecular formula is C30H26Cl2N2O3. The van der Waals surface area contributed by atoms with Gasteiger partial charge in [-0.25, -0.2) is 4.79 Å². The van der Waals surface area contributed by atoms with Crippen molar-refractivity contribution in [1.82, 2.24) is 10.6 Å². The number of carbonyl (C=O) groups excluding carboxylic acids is 1. The van der Waals surface area contributed by atoms with Crippen LogP contribution < -0.4 is 10.6 Å². The molecule has 4 rings (SSSR count). The maximum absolute atomic E-state index is 12.6. The Morgan fingerprint density at radius 1 is 0.730 bits per heavy atom. The van der Waals surface area contributed by atoms with E-state index in [1.165, 1.54) is 0 Å². The first-order chi connectivity index (χ1) is 17.9. The molecule has 188 valence electrons. The summed E-state index contributed by atoms with van der Waals surface area (Å²) < 4.78 is 0. The van der Waals surface area contributed by atoms with Gasteiger partial charge in [-0.1, -0.05) is 102 Å². The molecule has 1 atom stereocenters. The van der Waals surface area contributed by atoms with Gasteiger partial charge in [-0.2, -0.15) is 0 Å². The molecule has 0 spiro atoms. The van der Waals surface area contributed by atoms with Gasteiger partial charge in [0.15, 0.2) is 0 Å². The lowest BCUT2D eigenvalue weighted by molar-refractivity contribution is -0.139. The Bertz CT molecular complexity index is 1390. The minimum absolute atomic E-state index is 0.146. The van der Waals surface area contributed by atoms with Crippen molar-refractivity contribution in [3.8, 4) is 11.1 Å². The third-order valence-corrected chi connectivity index (χ3v) is 6.73. The smallest absolute Gasteiger partial charge is 0.326 e. The predicted molar refractivity (Wildman–Crippen MR) is 148 cm³/mol. The standard InChI is InChI=1S/C30H26Cl2N2O3/c31-26-11-5-2-8-23(26)19-33-18-22-7-1-3-9-24(22)21-15-13-20(14-16-21)17-28(30(36)37)34-29(35)25-10-4-6-12-27(25)32/h1-16,28,33H,17-19H2,(H,34,35)(H,36,37)/t28-/m0/s1. The molecule has 0 radical (unpaired) electrons. The first kappa shape index (κ1) is 26.4. The van der Waals surface area contributed by atoms with E-state index in [9.17, 15) is 14.7 Å². The van der Waals surface area contributed by atoms with Crippen LogP contribution in [0.3, 0.4) is 0 Å². The minimum Gasteiger partial charge on any atom is -0.480 e. The second-order valence-corrected chi connectivity index (χ2v) is 9.41. The molecule has 0 aliphatic heterocycles. The minimum atomic E-state index is -1.11. The van der Waals surface area contributed by atoms with Crippen molar-refractivity contribution in [3.05, 3.63) is 129 Å². The van der Waals surface area contributed by atoms with Crippen LogP contribution in [0.5, 0.6) is 0 Å². The third kappa shape index (κ3) is 6.98. The van der Waals surface area contributed by atoms with Gasteiger partial charge in [0.25, 0.3) is 5.91 Å². The van der Waals surface area contributed by atoms with Gasteiger partial charge < -0.3 is 15.7 Å². The molecule has 4 aromatic rings. The summed E-state index contributed by atoms with van der Waals surface area (Å²) in [4.78, 5) is 24.4. The SMILES string of the molecule is O=C(N[C@@H](Cc1ccc(-c2ccccc2CNCc2ccccc2Cl)cc1)C(=O)O)c1ccccc1Cl. The van der Waals surface area contributed by atoms with Gasteiger partial charge in [-0.3, -0.25) is 4.79 Å². The predicted octanol–water partition coefficient (Wildman–Crippen LogP) is 6.38. The van der Waals surface area contributed by atoms with E-state index in [0.717, 1.165) is 32.8 Å². The van der Waals surface area contributed by atoms with E-state index in [0.29, 0.717) is 13.1 Å². The van der Waals surface area contributed by atoms with Crippen LogP contribution in [0, 0.1) is 0 Å². The van der Waals surface area contributed by atoms with E-state index < -0.39 is 17.9 Å². The molecule has 0 unspecified atom stereocenters. The number of nitrogens with one attached hydrogen (secondary N) is 2. The fourth-order valence-electron chi connectivity index (χ4n) is 4.07. The maximum atomic E-state index is 12.6. The molecule has 0 heterocycles. The van der Waals surface area contributed by atoms with Gasteiger partial charge in [0.2, 0.25) is 0 Å². The molecular weight excluding hydrogens is 507 g/mol. The largest absolute Gasteiger partial charge is 0.480 e. The first-order valence-electron chi connectivity index (χ1n) is 11.8. The van der Waals surface area contributed by atoms with Gasteiger partial charge >= 0.3 is 5.97 Å². The van der Waals surface area contributed by atoms with E-state index in [4.69, 9.17) is 23.2 Å². The van der Waals surface area contributed by atoms with Crippen LogP contribution in [0.2, 0.25) is 10.0 Å². The lowest BCUT2D eigenvalue weighted by Gasteiger charge is -2.16. The number of amides is 1. The third-order valence-electron chi connectivity index (χ3n) is 6.03. The Labute approximate surface area is 226 Å². The summed E-state index contributed by atoms with van der Waals surface area (Å²) in [6, 6.07) is 29.1. The van der Waals surface area contributed by atoms with Gasteiger partial charge in [0.1, 0.15) is 6.04 Å². The molecule has 7 heteroatoms. The van der Waals surface area contributed by atoms with Crippen molar-refractivity contribution in [2.24, 2.45) is 0 Å². The fourth-order valence-corrected chi connectivity index (χ4v) is 4.49. The van der Waals surface area contributed by atoms with E-state index >= 15 is 0 Å². The van der Waals surface area contributed by atoms with Gasteiger partial charge in [0, 0.05) is 24.5 Å². The van der Waals surface area contributed by atoms with Crippen LogP contribution >= 0.6 is 23.2 Å². The highest BCUT2D eigenvalue weighted by molar-refractivity contribution is 6.33. The van der Waals surface area contributed by atoms with Crippen LogP contribution in [0.1, 0.15) is 27.0 Å². The first-order valence-corrected chi connectivity index (χ1v) is 12.6. The number of benzene rings is 4. The number of halogens is 2. The van der Waals surface area contributed by atoms with Crippen LogP contribution in [0.4, 0.5) is 0 Å². The number of aliphatic carboxylic acids is 1.